The minimum atomic E-state index is -1.53. The number of rotatable bonds is 4. The van der Waals surface area contributed by atoms with E-state index in [1.54, 1.807) is 6.92 Å². The summed E-state index contributed by atoms with van der Waals surface area (Å²) < 4.78 is 8.72. The van der Waals surface area contributed by atoms with Gasteiger partial charge in [-0.3, -0.25) is 0 Å². The van der Waals surface area contributed by atoms with Gasteiger partial charge in [0.05, 0.1) is 0 Å². The highest BCUT2D eigenvalue weighted by molar-refractivity contribution is 6.74. The van der Waals surface area contributed by atoms with E-state index in [-0.39, 0.29) is 0 Å². The van der Waals surface area contributed by atoms with E-state index in [1.165, 1.54) is 0 Å². The Balaban J connectivity index is 3.73. The van der Waals surface area contributed by atoms with Crippen LogP contribution >= 0.6 is 0 Å². The highest BCUT2D eigenvalue weighted by atomic mass is 28.3. The van der Waals surface area contributed by atoms with E-state index < -0.39 is 14.6 Å². The van der Waals surface area contributed by atoms with Gasteiger partial charge in [0.2, 0.25) is 0 Å². The van der Waals surface area contributed by atoms with Crippen molar-refractivity contribution in [3.05, 3.63) is 0 Å². The number of hydrogen-bond donors (Lipinski definition) is 1. The molecule has 0 radical (unpaired) electrons. The van der Waals surface area contributed by atoms with Crippen molar-refractivity contribution in [3.63, 3.8) is 0 Å². The molecule has 0 aliphatic heterocycles. The standard InChI is InChI=1S/C6H16N2O2Si/c1-5-10-6(9)7-8-11(2,3)4/h6,9H,5H2,1-4H3. The molecular formula is C6H16N2O2Si. The summed E-state index contributed by atoms with van der Waals surface area (Å²) >= 11 is 0. The highest BCUT2D eigenvalue weighted by Crippen LogP contribution is 2.03. The third kappa shape index (κ3) is 7.64. The molecule has 0 spiro atoms. The SMILES string of the molecule is CCOC(O)N=N[Si](C)(C)C. The molecule has 66 valence electrons. The quantitative estimate of drug-likeness (QED) is 0.402. The predicted octanol–water partition coefficient (Wildman–Crippen LogP) is 1.59. The molecule has 0 aromatic carbocycles. The van der Waals surface area contributed by atoms with Crippen molar-refractivity contribution in [2.45, 2.75) is 33.0 Å². The van der Waals surface area contributed by atoms with Crippen molar-refractivity contribution < 1.29 is 9.84 Å². The Morgan fingerprint density at radius 3 is 2.36 bits per heavy atom. The molecule has 0 aromatic rings. The van der Waals surface area contributed by atoms with Crippen LogP contribution in [0.2, 0.25) is 19.6 Å². The molecule has 0 aromatic heterocycles. The fourth-order valence-corrected chi connectivity index (χ4v) is 0.850. The van der Waals surface area contributed by atoms with E-state index in [9.17, 15) is 0 Å². The Kier molecular flexibility index (Phi) is 4.47. The zero-order valence-electron chi connectivity index (χ0n) is 7.53. The van der Waals surface area contributed by atoms with Crippen molar-refractivity contribution in [1.29, 1.82) is 0 Å². The first kappa shape index (κ1) is 10.7. The molecule has 0 saturated carbocycles. The Labute approximate surface area is 68.4 Å². The second-order valence-electron chi connectivity index (χ2n) is 3.17. The van der Waals surface area contributed by atoms with Crippen molar-refractivity contribution >= 4 is 8.24 Å². The average Bonchev–Trinajstić information content (AvgIpc) is 1.83. The molecule has 0 aliphatic rings. The molecule has 0 amide bonds. The van der Waals surface area contributed by atoms with Crippen LogP contribution in [0.4, 0.5) is 0 Å². The van der Waals surface area contributed by atoms with Crippen LogP contribution in [-0.4, -0.2) is 26.4 Å². The molecule has 5 heteroatoms. The normalized spacial score (nSPS) is 15.7. The maximum Gasteiger partial charge on any atom is 0.273 e. The van der Waals surface area contributed by atoms with Crippen molar-refractivity contribution in [2.24, 2.45) is 9.89 Å². The number of ether oxygens (including phenoxy) is 1. The van der Waals surface area contributed by atoms with Crippen molar-refractivity contribution in [3.8, 4) is 0 Å². The first-order valence-corrected chi connectivity index (χ1v) is 7.12. The van der Waals surface area contributed by atoms with Gasteiger partial charge < -0.3 is 9.84 Å². The number of aliphatic hydroxyl groups excluding tert-OH is 1. The molecule has 0 fully saturated rings. The van der Waals surface area contributed by atoms with E-state index in [0.29, 0.717) is 6.61 Å². The summed E-state index contributed by atoms with van der Waals surface area (Å²) in [5.41, 5.74) is 0. The zero-order chi connectivity index (χ0) is 8.91. The van der Waals surface area contributed by atoms with Gasteiger partial charge in [0.1, 0.15) is 0 Å². The fraction of sp³-hybridized carbons (Fsp3) is 1.00. The first-order chi connectivity index (χ1) is 4.95. The Bertz CT molecular complexity index is 133. The minimum Gasteiger partial charge on any atom is -0.349 e. The second-order valence-corrected chi connectivity index (χ2v) is 7.71. The fourth-order valence-electron chi connectivity index (χ4n) is 0.405. The van der Waals surface area contributed by atoms with Crippen LogP contribution in [0.15, 0.2) is 9.89 Å². The van der Waals surface area contributed by atoms with Gasteiger partial charge in [-0.15, -0.1) is 5.11 Å². The van der Waals surface area contributed by atoms with Gasteiger partial charge in [-0.05, 0) is 26.6 Å². The smallest absolute Gasteiger partial charge is 0.273 e. The zero-order valence-corrected chi connectivity index (χ0v) is 8.53. The van der Waals surface area contributed by atoms with E-state index >= 15 is 0 Å². The lowest BCUT2D eigenvalue weighted by Crippen LogP contribution is -2.17. The summed E-state index contributed by atoms with van der Waals surface area (Å²) in [6.45, 7) is 8.36. The molecule has 4 nitrogen and oxygen atoms in total. The van der Waals surface area contributed by atoms with Gasteiger partial charge in [0.25, 0.3) is 6.41 Å². The van der Waals surface area contributed by atoms with Crippen LogP contribution in [0.25, 0.3) is 0 Å². The Morgan fingerprint density at radius 2 is 2.00 bits per heavy atom. The lowest BCUT2D eigenvalue weighted by atomic mass is 10.9. The molecule has 0 bridgehead atoms. The molecule has 0 saturated heterocycles. The lowest BCUT2D eigenvalue weighted by molar-refractivity contribution is -0.0911. The highest BCUT2D eigenvalue weighted by Gasteiger charge is 2.12. The number of nitrogens with zero attached hydrogens (tertiary/aromatic N) is 2. The van der Waals surface area contributed by atoms with Gasteiger partial charge in [-0.25, -0.2) is 4.78 Å². The van der Waals surface area contributed by atoms with Crippen LogP contribution < -0.4 is 0 Å². The van der Waals surface area contributed by atoms with Gasteiger partial charge >= 0.3 is 0 Å². The summed E-state index contributed by atoms with van der Waals surface area (Å²) in [5, 5.41) is 12.6. The maximum absolute atomic E-state index is 8.95. The largest absolute Gasteiger partial charge is 0.349 e. The summed E-state index contributed by atoms with van der Waals surface area (Å²) in [6.07, 6.45) is -1.08. The molecule has 1 unspecified atom stereocenters. The van der Waals surface area contributed by atoms with E-state index in [1.807, 2.05) is 19.6 Å². The monoisotopic (exact) mass is 176 g/mol. The number of aliphatic hydroxyl groups is 1. The molecule has 0 rings (SSSR count). The summed E-state index contributed by atoms with van der Waals surface area (Å²) in [6, 6.07) is 0. The minimum absolute atomic E-state index is 0.450. The summed E-state index contributed by atoms with van der Waals surface area (Å²) in [4.78, 5) is 0. The summed E-state index contributed by atoms with van der Waals surface area (Å²) in [5.74, 6) is 0. The van der Waals surface area contributed by atoms with Crippen LogP contribution in [-0.2, 0) is 4.74 Å². The topological polar surface area (TPSA) is 54.2 Å². The second kappa shape index (κ2) is 4.58. The molecule has 11 heavy (non-hydrogen) atoms. The first-order valence-electron chi connectivity index (χ1n) is 3.67. The van der Waals surface area contributed by atoms with Gasteiger partial charge in [-0.2, -0.15) is 0 Å². The van der Waals surface area contributed by atoms with Crippen LogP contribution in [0.3, 0.4) is 0 Å². The molecular weight excluding hydrogens is 160 g/mol. The van der Waals surface area contributed by atoms with Crippen molar-refractivity contribution in [2.75, 3.05) is 6.61 Å². The Morgan fingerprint density at radius 1 is 1.45 bits per heavy atom. The average molecular weight is 176 g/mol. The lowest BCUT2D eigenvalue weighted by Gasteiger charge is -2.08. The molecule has 0 heterocycles. The van der Waals surface area contributed by atoms with Crippen molar-refractivity contribution in [1.82, 2.24) is 0 Å². The van der Waals surface area contributed by atoms with E-state index in [2.05, 4.69) is 9.89 Å². The third-order valence-corrected chi connectivity index (χ3v) is 1.49. The van der Waals surface area contributed by atoms with Gasteiger partial charge in [-0.1, -0.05) is 0 Å². The van der Waals surface area contributed by atoms with Crippen LogP contribution in [0.5, 0.6) is 0 Å². The molecule has 1 atom stereocenters. The molecule has 0 aliphatic carbocycles. The van der Waals surface area contributed by atoms with Crippen LogP contribution in [0, 0.1) is 0 Å². The van der Waals surface area contributed by atoms with Gasteiger partial charge in [0.15, 0.2) is 8.24 Å². The van der Waals surface area contributed by atoms with E-state index in [0.717, 1.165) is 0 Å². The summed E-state index contributed by atoms with van der Waals surface area (Å²) in [7, 11) is -1.53. The third-order valence-electron chi connectivity index (χ3n) is 0.772. The van der Waals surface area contributed by atoms with Gasteiger partial charge in [0, 0.05) is 6.61 Å². The predicted molar refractivity (Wildman–Crippen MR) is 45.8 cm³/mol. The maximum atomic E-state index is 8.95. The van der Waals surface area contributed by atoms with E-state index in [4.69, 9.17) is 9.84 Å². The molecule has 1 N–H and O–H groups in total. The Hall–Kier alpha value is -0.263. The van der Waals surface area contributed by atoms with Crippen LogP contribution in [0.1, 0.15) is 6.92 Å². The number of hydrogen-bond acceptors (Lipinski definition) is 4.